The van der Waals surface area contributed by atoms with E-state index in [1.165, 1.54) is 11.0 Å². The molecule has 0 saturated heterocycles. The molecule has 1 atom stereocenters. The molecule has 1 aromatic heterocycles. The van der Waals surface area contributed by atoms with Gasteiger partial charge in [-0.05, 0) is 42.4 Å². The lowest BCUT2D eigenvalue weighted by molar-refractivity contribution is -0.118. The number of para-hydroxylation sites is 1. The summed E-state index contributed by atoms with van der Waals surface area (Å²) in [6.45, 7) is 1.99. The van der Waals surface area contributed by atoms with Crippen LogP contribution in [0.3, 0.4) is 0 Å². The zero-order valence-corrected chi connectivity index (χ0v) is 22.5. The fraction of sp³-hybridized carbons (Fsp3) is 0.231. The molecule has 0 bridgehead atoms. The van der Waals surface area contributed by atoms with E-state index in [9.17, 15) is 9.59 Å². The van der Waals surface area contributed by atoms with Gasteiger partial charge in [-0.1, -0.05) is 96.7 Å². The molecule has 0 radical (unpaired) electrons. The third-order valence-corrected chi connectivity index (χ3v) is 6.11. The molecule has 2 N–H and O–H groups in total. The molecule has 2 aromatic carbocycles. The summed E-state index contributed by atoms with van der Waals surface area (Å²) in [6, 6.07) is 18.4. The molecule has 0 aliphatic heterocycles. The normalized spacial score (nSPS) is 12.3. The number of aromatic nitrogens is 1. The van der Waals surface area contributed by atoms with Crippen LogP contribution in [-0.4, -0.2) is 31.9 Å². The van der Waals surface area contributed by atoms with Crippen LogP contribution in [0.1, 0.15) is 31.7 Å². The average molecular weight is 564 g/mol. The molecule has 188 valence electrons. The van der Waals surface area contributed by atoms with Gasteiger partial charge in [-0.25, -0.2) is 0 Å². The summed E-state index contributed by atoms with van der Waals surface area (Å²) in [7, 11) is 0. The number of pyridine rings is 1. The summed E-state index contributed by atoms with van der Waals surface area (Å²) < 4.78 is -1.98. The summed E-state index contributed by atoms with van der Waals surface area (Å²) >= 11 is 24.1. The summed E-state index contributed by atoms with van der Waals surface area (Å²) in [4.78, 5) is 31.7. The second kappa shape index (κ2) is 13.0. The number of alkyl halides is 3. The Bertz CT molecular complexity index is 1240. The first-order valence-electron chi connectivity index (χ1n) is 11.3. The summed E-state index contributed by atoms with van der Waals surface area (Å²) in [5.74, 6) is -0.757. The van der Waals surface area contributed by atoms with Crippen LogP contribution in [0.25, 0.3) is 17.0 Å². The minimum absolute atomic E-state index is 0.0297. The monoisotopic (exact) mass is 562 g/mol. The Kier molecular flexibility index (Phi) is 10.1. The first-order valence-corrected chi connectivity index (χ1v) is 12.8. The van der Waals surface area contributed by atoms with E-state index in [-0.39, 0.29) is 17.4 Å². The van der Waals surface area contributed by atoms with Crippen molar-refractivity contribution in [1.82, 2.24) is 15.6 Å². The SMILES string of the molecule is CCCCC(=O)N(C(=S)NC(NC(=O)/C=C/c1ccccc1)C(Cl)(Cl)Cl)c1cccc2cccnc12. The van der Waals surface area contributed by atoms with Crippen molar-refractivity contribution in [2.45, 2.75) is 36.1 Å². The number of thiocarbonyl (C=S) groups is 1. The van der Waals surface area contributed by atoms with Crippen molar-refractivity contribution in [3.63, 3.8) is 0 Å². The molecule has 0 saturated carbocycles. The zero-order chi connectivity index (χ0) is 26.1. The molecule has 0 aliphatic carbocycles. The fourth-order valence-corrected chi connectivity index (χ4v) is 4.02. The third-order valence-electron chi connectivity index (χ3n) is 5.16. The molecule has 1 heterocycles. The van der Waals surface area contributed by atoms with Gasteiger partial charge >= 0.3 is 0 Å². The van der Waals surface area contributed by atoms with Crippen LogP contribution in [0.5, 0.6) is 0 Å². The summed E-state index contributed by atoms with van der Waals surface area (Å²) in [5.41, 5.74) is 1.91. The Balaban J connectivity index is 1.87. The van der Waals surface area contributed by atoms with Crippen molar-refractivity contribution >= 4 is 86.6 Å². The van der Waals surface area contributed by atoms with Crippen LogP contribution in [0, 0.1) is 0 Å². The first kappa shape index (κ1) is 27.9. The summed E-state index contributed by atoms with van der Waals surface area (Å²) in [6.07, 6.45) is 5.12. The molecule has 36 heavy (non-hydrogen) atoms. The number of benzene rings is 2. The number of halogens is 3. The highest BCUT2D eigenvalue weighted by molar-refractivity contribution is 7.80. The highest BCUT2D eigenvalue weighted by atomic mass is 35.6. The number of anilines is 1. The van der Waals surface area contributed by atoms with Crippen molar-refractivity contribution in [2.24, 2.45) is 0 Å². The van der Waals surface area contributed by atoms with Crippen molar-refractivity contribution < 1.29 is 9.59 Å². The van der Waals surface area contributed by atoms with Crippen LogP contribution < -0.4 is 15.5 Å². The van der Waals surface area contributed by atoms with Gasteiger partial charge in [-0.2, -0.15) is 0 Å². The van der Waals surface area contributed by atoms with Crippen LogP contribution in [0.4, 0.5) is 5.69 Å². The number of amides is 2. The van der Waals surface area contributed by atoms with Crippen LogP contribution in [0.15, 0.2) is 72.9 Å². The minimum Gasteiger partial charge on any atom is -0.338 e. The fourth-order valence-electron chi connectivity index (χ4n) is 3.38. The van der Waals surface area contributed by atoms with Crippen LogP contribution in [-0.2, 0) is 9.59 Å². The van der Waals surface area contributed by atoms with Gasteiger partial charge in [0.1, 0.15) is 6.17 Å². The Morgan fingerprint density at radius 2 is 1.78 bits per heavy atom. The molecular weight excluding hydrogens is 539 g/mol. The largest absolute Gasteiger partial charge is 0.338 e. The van der Waals surface area contributed by atoms with Gasteiger partial charge in [-0.15, -0.1) is 0 Å². The maximum Gasteiger partial charge on any atom is 0.245 e. The first-order chi connectivity index (χ1) is 17.2. The second-order valence-electron chi connectivity index (χ2n) is 7.86. The van der Waals surface area contributed by atoms with Gasteiger partial charge in [0.15, 0.2) is 5.11 Å². The molecule has 10 heteroatoms. The van der Waals surface area contributed by atoms with Crippen molar-refractivity contribution in [3.05, 3.63) is 78.5 Å². The van der Waals surface area contributed by atoms with Gasteiger partial charge in [0.05, 0.1) is 11.2 Å². The van der Waals surface area contributed by atoms with E-state index in [1.807, 2.05) is 61.5 Å². The highest BCUT2D eigenvalue weighted by Crippen LogP contribution is 2.30. The number of carbonyl (C=O) groups excluding carboxylic acids is 2. The van der Waals surface area contributed by atoms with Crippen molar-refractivity contribution in [2.75, 3.05) is 4.90 Å². The molecular formula is C26H25Cl3N4O2S. The number of unbranched alkanes of at least 4 members (excludes halogenated alkanes) is 1. The number of hydrogen-bond acceptors (Lipinski definition) is 4. The topological polar surface area (TPSA) is 74.3 Å². The molecule has 1 unspecified atom stereocenters. The van der Waals surface area contributed by atoms with Crippen LogP contribution >= 0.6 is 47.0 Å². The lowest BCUT2D eigenvalue weighted by Gasteiger charge is -2.31. The number of carbonyl (C=O) groups is 2. The number of fused-ring (bicyclic) bond motifs is 1. The lowest BCUT2D eigenvalue weighted by atomic mass is 10.1. The van der Waals surface area contributed by atoms with Crippen molar-refractivity contribution in [1.29, 1.82) is 0 Å². The van der Waals surface area contributed by atoms with E-state index in [2.05, 4.69) is 15.6 Å². The van der Waals surface area contributed by atoms with E-state index in [1.54, 1.807) is 18.3 Å². The van der Waals surface area contributed by atoms with E-state index in [4.69, 9.17) is 47.0 Å². The number of hydrogen-bond donors (Lipinski definition) is 2. The maximum atomic E-state index is 13.3. The van der Waals surface area contributed by atoms with E-state index in [0.29, 0.717) is 17.6 Å². The van der Waals surface area contributed by atoms with Gasteiger partial charge < -0.3 is 10.6 Å². The Morgan fingerprint density at radius 3 is 2.47 bits per heavy atom. The minimum atomic E-state index is -1.98. The number of nitrogens with one attached hydrogen (secondary N) is 2. The predicted molar refractivity (Wildman–Crippen MR) is 152 cm³/mol. The number of nitrogens with zero attached hydrogens (tertiary/aromatic N) is 2. The molecule has 0 fully saturated rings. The maximum absolute atomic E-state index is 13.3. The van der Waals surface area contributed by atoms with Gasteiger partial charge in [0.25, 0.3) is 0 Å². The Morgan fingerprint density at radius 1 is 1.06 bits per heavy atom. The van der Waals surface area contributed by atoms with E-state index < -0.39 is 15.9 Å². The molecule has 3 rings (SSSR count). The molecule has 0 aliphatic rings. The molecule has 2 amide bonds. The Labute approximate surface area is 230 Å². The smallest absolute Gasteiger partial charge is 0.245 e. The lowest BCUT2D eigenvalue weighted by Crippen LogP contribution is -2.58. The highest BCUT2D eigenvalue weighted by Gasteiger charge is 2.36. The van der Waals surface area contributed by atoms with E-state index >= 15 is 0 Å². The van der Waals surface area contributed by atoms with E-state index in [0.717, 1.165) is 17.4 Å². The van der Waals surface area contributed by atoms with Gasteiger partial charge in [-0.3, -0.25) is 19.5 Å². The zero-order valence-electron chi connectivity index (χ0n) is 19.5. The van der Waals surface area contributed by atoms with Gasteiger partial charge in [0, 0.05) is 24.1 Å². The predicted octanol–water partition coefficient (Wildman–Crippen LogP) is 6.16. The second-order valence-corrected chi connectivity index (χ2v) is 10.6. The number of rotatable bonds is 8. The summed E-state index contributed by atoms with van der Waals surface area (Å²) in [5, 5.41) is 6.27. The third kappa shape index (κ3) is 7.64. The molecule has 3 aromatic rings. The van der Waals surface area contributed by atoms with Gasteiger partial charge in [0.2, 0.25) is 15.6 Å². The molecule has 6 nitrogen and oxygen atoms in total. The average Bonchev–Trinajstić information content (AvgIpc) is 2.86. The quantitative estimate of drug-likeness (QED) is 0.149. The van der Waals surface area contributed by atoms with Crippen LogP contribution in [0.2, 0.25) is 0 Å². The standard InChI is InChI=1S/C26H25Cl3N4O2S/c1-2-3-14-22(35)33(20-13-7-11-19-12-8-17-30-23(19)20)25(36)32-24(26(27,28)29)31-21(34)16-15-18-9-5-4-6-10-18/h4-13,15-17,24H,2-3,14H2,1H3,(H,31,34)(H,32,36)/b16-15+. The van der Waals surface area contributed by atoms with Crippen molar-refractivity contribution in [3.8, 4) is 0 Å². The Hall–Kier alpha value is -2.71. The molecule has 0 spiro atoms.